The predicted molar refractivity (Wildman–Crippen MR) is 108 cm³/mol. The Morgan fingerprint density at radius 3 is 2.53 bits per heavy atom. The molecule has 0 unspecified atom stereocenters. The number of rotatable bonds is 6. The van der Waals surface area contributed by atoms with Crippen LogP contribution in [0.5, 0.6) is 0 Å². The third-order valence-electron chi connectivity index (χ3n) is 5.27. The Hall–Kier alpha value is -3.35. The molecule has 0 bridgehead atoms. The zero-order chi connectivity index (χ0) is 21.1. The normalized spacial score (nSPS) is 13.6. The van der Waals surface area contributed by atoms with Crippen molar-refractivity contribution in [1.29, 1.82) is 0 Å². The van der Waals surface area contributed by atoms with Gasteiger partial charge in [0.05, 0.1) is 18.8 Å². The van der Waals surface area contributed by atoms with Crippen LogP contribution in [0.15, 0.2) is 54.9 Å². The van der Waals surface area contributed by atoms with Crippen LogP contribution in [0.25, 0.3) is 11.3 Å². The standard InChI is InChI=1S/C23H21F2N3O2/c24-20(25)6-7-21(30)28-13-18-22(19(29)14-28)17(12-15-4-2-1-3-5-15)23(27-18)16-8-10-26-11-9-16/h1-5,8-11,20,27H,6-7,12-14H2. The molecule has 7 heteroatoms. The van der Waals surface area contributed by atoms with E-state index >= 15 is 0 Å². The van der Waals surface area contributed by atoms with E-state index in [4.69, 9.17) is 0 Å². The summed E-state index contributed by atoms with van der Waals surface area (Å²) in [6.45, 7) is 0.112. The summed E-state index contributed by atoms with van der Waals surface area (Å²) < 4.78 is 25.0. The number of ketones is 1. The van der Waals surface area contributed by atoms with Crippen LogP contribution in [0, 0.1) is 0 Å². The Morgan fingerprint density at radius 1 is 1.10 bits per heavy atom. The molecule has 30 heavy (non-hydrogen) atoms. The van der Waals surface area contributed by atoms with Crippen LogP contribution in [0.1, 0.15) is 40.0 Å². The van der Waals surface area contributed by atoms with E-state index in [0.717, 1.165) is 22.4 Å². The second-order valence-electron chi connectivity index (χ2n) is 7.33. The predicted octanol–water partition coefficient (Wildman–Crippen LogP) is 4.24. The Balaban J connectivity index is 1.71. The molecule has 1 aliphatic heterocycles. The highest BCUT2D eigenvalue weighted by Gasteiger charge is 2.32. The largest absolute Gasteiger partial charge is 0.356 e. The van der Waals surface area contributed by atoms with Crippen molar-refractivity contribution < 1.29 is 18.4 Å². The molecule has 0 radical (unpaired) electrons. The molecule has 2 aromatic heterocycles. The number of aromatic nitrogens is 2. The number of benzene rings is 1. The van der Waals surface area contributed by atoms with Crippen molar-refractivity contribution in [2.75, 3.05) is 6.54 Å². The number of amides is 1. The Morgan fingerprint density at radius 2 is 1.83 bits per heavy atom. The number of carbonyl (C=O) groups excluding carboxylic acids is 2. The molecular formula is C23H21F2N3O2. The minimum absolute atomic E-state index is 0.0928. The first-order valence-electron chi connectivity index (χ1n) is 9.80. The minimum Gasteiger partial charge on any atom is -0.356 e. The molecule has 0 saturated heterocycles. The number of fused-ring (bicyclic) bond motifs is 1. The summed E-state index contributed by atoms with van der Waals surface area (Å²) in [4.78, 5) is 34.1. The Labute approximate surface area is 172 Å². The number of pyridine rings is 1. The smallest absolute Gasteiger partial charge is 0.239 e. The van der Waals surface area contributed by atoms with Crippen LogP contribution >= 0.6 is 0 Å². The van der Waals surface area contributed by atoms with Gasteiger partial charge in [-0.05, 0) is 23.3 Å². The number of Topliss-reactive ketones (excluding diaryl/α,β-unsaturated/α-hetero) is 1. The number of alkyl halides is 2. The van der Waals surface area contributed by atoms with Crippen LogP contribution in [0.4, 0.5) is 8.78 Å². The lowest BCUT2D eigenvalue weighted by atomic mass is 9.93. The number of halogens is 2. The number of carbonyl (C=O) groups is 2. The maximum absolute atomic E-state index is 13.0. The molecule has 1 amide bonds. The molecular weight excluding hydrogens is 388 g/mol. The number of hydrogen-bond donors (Lipinski definition) is 1. The van der Waals surface area contributed by atoms with Crippen molar-refractivity contribution in [3.05, 3.63) is 77.2 Å². The van der Waals surface area contributed by atoms with Gasteiger partial charge in [0, 0.05) is 48.5 Å². The van der Waals surface area contributed by atoms with Gasteiger partial charge >= 0.3 is 0 Å². The van der Waals surface area contributed by atoms with Crippen molar-refractivity contribution >= 4 is 11.7 Å². The quantitative estimate of drug-likeness (QED) is 0.662. The third-order valence-corrected chi connectivity index (χ3v) is 5.27. The number of hydrogen-bond acceptors (Lipinski definition) is 3. The lowest BCUT2D eigenvalue weighted by molar-refractivity contribution is -0.132. The van der Waals surface area contributed by atoms with Gasteiger partial charge in [-0.3, -0.25) is 14.6 Å². The first-order valence-corrected chi connectivity index (χ1v) is 9.80. The molecule has 4 rings (SSSR count). The third kappa shape index (κ3) is 4.15. The van der Waals surface area contributed by atoms with Gasteiger partial charge in [0.25, 0.3) is 0 Å². The monoisotopic (exact) mass is 409 g/mol. The zero-order valence-electron chi connectivity index (χ0n) is 16.3. The van der Waals surface area contributed by atoms with Crippen molar-refractivity contribution in [1.82, 2.24) is 14.9 Å². The van der Waals surface area contributed by atoms with E-state index in [2.05, 4.69) is 9.97 Å². The topological polar surface area (TPSA) is 66.1 Å². The molecule has 154 valence electrons. The number of aromatic amines is 1. The second-order valence-corrected chi connectivity index (χ2v) is 7.33. The Kier molecular flexibility index (Phi) is 5.70. The molecule has 1 N–H and O–H groups in total. The zero-order valence-corrected chi connectivity index (χ0v) is 16.3. The SMILES string of the molecule is O=C1CN(C(=O)CCC(F)F)Cc2[nH]c(-c3ccncc3)c(Cc3ccccc3)c21. The minimum atomic E-state index is -2.54. The van der Waals surface area contributed by atoms with Crippen LogP contribution in [0.2, 0.25) is 0 Å². The summed E-state index contributed by atoms with van der Waals surface area (Å²) in [6.07, 6.45) is 0.631. The molecule has 5 nitrogen and oxygen atoms in total. The van der Waals surface area contributed by atoms with Crippen molar-refractivity contribution in [2.45, 2.75) is 32.2 Å². The average Bonchev–Trinajstić information content (AvgIpc) is 3.12. The fourth-order valence-electron chi connectivity index (χ4n) is 3.86. The maximum atomic E-state index is 13.0. The molecule has 0 fully saturated rings. The lowest BCUT2D eigenvalue weighted by Crippen LogP contribution is -2.39. The van der Waals surface area contributed by atoms with E-state index < -0.39 is 18.8 Å². The van der Waals surface area contributed by atoms with Gasteiger partial charge in [-0.25, -0.2) is 8.78 Å². The van der Waals surface area contributed by atoms with Gasteiger partial charge in [-0.2, -0.15) is 0 Å². The molecule has 1 aromatic carbocycles. The molecule has 0 spiro atoms. The van der Waals surface area contributed by atoms with Gasteiger partial charge in [-0.15, -0.1) is 0 Å². The second kappa shape index (κ2) is 8.57. The van der Waals surface area contributed by atoms with Crippen molar-refractivity contribution in [2.24, 2.45) is 0 Å². The molecule has 3 aromatic rings. The summed E-state index contributed by atoms with van der Waals surface area (Å²) in [7, 11) is 0. The van der Waals surface area contributed by atoms with Crippen LogP contribution in [-0.4, -0.2) is 39.5 Å². The van der Waals surface area contributed by atoms with Crippen LogP contribution in [-0.2, 0) is 17.8 Å². The summed E-state index contributed by atoms with van der Waals surface area (Å²) in [6, 6.07) is 13.6. The fourth-order valence-corrected chi connectivity index (χ4v) is 3.86. The molecule has 0 saturated carbocycles. The highest BCUT2D eigenvalue weighted by molar-refractivity contribution is 6.04. The lowest BCUT2D eigenvalue weighted by Gasteiger charge is -2.26. The molecule has 3 heterocycles. The van der Waals surface area contributed by atoms with Gasteiger partial charge < -0.3 is 9.88 Å². The number of H-pyrrole nitrogens is 1. The number of nitrogens with one attached hydrogen (secondary N) is 1. The fraction of sp³-hybridized carbons (Fsp3) is 0.261. The van der Waals surface area contributed by atoms with Crippen molar-refractivity contribution in [3.8, 4) is 11.3 Å². The summed E-state index contributed by atoms with van der Waals surface area (Å²) in [5.74, 6) is -0.608. The van der Waals surface area contributed by atoms with E-state index in [9.17, 15) is 18.4 Å². The van der Waals surface area contributed by atoms with E-state index in [1.54, 1.807) is 12.4 Å². The van der Waals surface area contributed by atoms with E-state index in [1.165, 1.54) is 4.90 Å². The summed E-state index contributed by atoms with van der Waals surface area (Å²) >= 11 is 0. The van der Waals surface area contributed by atoms with Gasteiger partial charge in [0.15, 0.2) is 5.78 Å². The Bertz CT molecular complexity index is 1050. The number of nitrogens with zero attached hydrogens (tertiary/aromatic N) is 2. The molecule has 0 atom stereocenters. The van der Waals surface area contributed by atoms with E-state index in [1.807, 2.05) is 42.5 Å². The highest BCUT2D eigenvalue weighted by Crippen LogP contribution is 2.33. The van der Waals surface area contributed by atoms with Crippen LogP contribution in [0.3, 0.4) is 0 Å². The van der Waals surface area contributed by atoms with Crippen LogP contribution < -0.4 is 0 Å². The first kappa shape index (κ1) is 19.9. The van der Waals surface area contributed by atoms with Crippen molar-refractivity contribution in [3.63, 3.8) is 0 Å². The maximum Gasteiger partial charge on any atom is 0.239 e. The van der Waals surface area contributed by atoms with E-state index in [0.29, 0.717) is 17.7 Å². The average molecular weight is 409 g/mol. The molecule has 1 aliphatic rings. The summed E-state index contributed by atoms with van der Waals surface area (Å²) in [5.41, 5.74) is 4.91. The van der Waals surface area contributed by atoms with Gasteiger partial charge in [0.1, 0.15) is 0 Å². The summed E-state index contributed by atoms with van der Waals surface area (Å²) in [5, 5.41) is 0. The first-order chi connectivity index (χ1) is 14.5. The highest BCUT2D eigenvalue weighted by atomic mass is 19.3. The van der Waals surface area contributed by atoms with E-state index in [-0.39, 0.29) is 25.3 Å². The van der Waals surface area contributed by atoms with Gasteiger partial charge in [0.2, 0.25) is 12.3 Å². The van der Waals surface area contributed by atoms with Gasteiger partial charge in [-0.1, -0.05) is 30.3 Å². The molecule has 0 aliphatic carbocycles.